The second-order valence-corrected chi connectivity index (χ2v) is 15.3. The SMILES string of the molecule is CCc1nc2ccccc2n1-c1cccc(-c2ccc3c(c2)C2(c4ccccc4-c4ccc(B5OC(C)(C)C(C)(C)O5)cc42)c2ccccc2-3)c1. The number of aromatic nitrogens is 2. The predicted molar refractivity (Wildman–Crippen MR) is 208 cm³/mol. The molecule has 1 saturated heterocycles. The molecule has 1 atom stereocenters. The second-order valence-electron chi connectivity index (χ2n) is 15.3. The Labute approximate surface area is 299 Å². The van der Waals surface area contributed by atoms with E-state index in [4.69, 9.17) is 14.3 Å². The van der Waals surface area contributed by atoms with Crippen LogP contribution in [0.2, 0.25) is 0 Å². The van der Waals surface area contributed by atoms with E-state index in [0.29, 0.717) is 0 Å². The Morgan fingerprint density at radius 3 is 1.86 bits per heavy atom. The van der Waals surface area contributed by atoms with Crippen LogP contribution in [0.1, 0.15) is 62.7 Å². The van der Waals surface area contributed by atoms with E-state index < -0.39 is 23.7 Å². The molecule has 6 aromatic carbocycles. The highest BCUT2D eigenvalue weighted by molar-refractivity contribution is 6.62. The van der Waals surface area contributed by atoms with Gasteiger partial charge in [0.25, 0.3) is 0 Å². The van der Waals surface area contributed by atoms with Gasteiger partial charge in [0.2, 0.25) is 0 Å². The molecule has 4 nitrogen and oxygen atoms in total. The lowest BCUT2D eigenvalue weighted by molar-refractivity contribution is 0.00578. The maximum absolute atomic E-state index is 6.61. The van der Waals surface area contributed by atoms with E-state index in [9.17, 15) is 0 Å². The smallest absolute Gasteiger partial charge is 0.399 e. The predicted octanol–water partition coefficient (Wildman–Crippen LogP) is 9.90. The first kappa shape index (κ1) is 30.6. The quantitative estimate of drug-likeness (QED) is 0.176. The number of fused-ring (bicyclic) bond motifs is 11. The molecule has 0 N–H and O–H groups in total. The fourth-order valence-electron chi connectivity index (χ4n) is 8.89. The van der Waals surface area contributed by atoms with Gasteiger partial charge in [-0.1, -0.05) is 110 Å². The van der Waals surface area contributed by atoms with Gasteiger partial charge in [-0.2, -0.15) is 0 Å². The van der Waals surface area contributed by atoms with Gasteiger partial charge in [0, 0.05) is 12.1 Å². The van der Waals surface area contributed by atoms with Crippen LogP contribution in [0.3, 0.4) is 0 Å². The summed E-state index contributed by atoms with van der Waals surface area (Å²) in [7, 11) is -0.446. The third-order valence-electron chi connectivity index (χ3n) is 12.0. The molecule has 7 aromatic rings. The second kappa shape index (κ2) is 10.6. The molecule has 1 unspecified atom stereocenters. The van der Waals surface area contributed by atoms with Crippen LogP contribution >= 0.6 is 0 Å². The Morgan fingerprint density at radius 2 is 1.16 bits per heavy atom. The van der Waals surface area contributed by atoms with Crippen LogP contribution < -0.4 is 5.46 Å². The normalized spacial score (nSPS) is 19.0. The number of imidazole rings is 1. The summed E-state index contributed by atoms with van der Waals surface area (Å²) in [6.07, 6.45) is 0.852. The average molecular weight is 663 g/mol. The zero-order chi connectivity index (χ0) is 34.7. The minimum atomic E-state index is -0.485. The highest BCUT2D eigenvalue weighted by Gasteiger charge is 2.54. The van der Waals surface area contributed by atoms with E-state index >= 15 is 0 Å². The molecule has 0 amide bonds. The van der Waals surface area contributed by atoms with E-state index in [1.807, 2.05) is 0 Å². The summed E-state index contributed by atoms with van der Waals surface area (Å²) in [6.45, 7) is 10.7. The van der Waals surface area contributed by atoms with Crippen molar-refractivity contribution in [3.63, 3.8) is 0 Å². The topological polar surface area (TPSA) is 36.3 Å². The van der Waals surface area contributed by atoms with Gasteiger partial charge in [-0.05, 0) is 119 Å². The first-order valence-electron chi connectivity index (χ1n) is 18.1. The van der Waals surface area contributed by atoms with Crippen molar-refractivity contribution in [1.29, 1.82) is 0 Å². The Morgan fingerprint density at radius 1 is 0.569 bits per heavy atom. The third kappa shape index (κ3) is 4.13. The zero-order valence-electron chi connectivity index (χ0n) is 29.7. The van der Waals surface area contributed by atoms with Gasteiger partial charge in [0.1, 0.15) is 5.82 Å². The number of benzene rings is 6. The molecule has 248 valence electrons. The summed E-state index contributed by atoms with van der Waals surface area (Å²) in [5, 5.41) is 0. The molecule has 10 rings (SSSR count). The van der Waals surface area contributed by atoms with Crippen LogP contribution in [-0.2, 0) is 21.1 Å². The first-order valence-corrected chi connectivity index (χ1v) is 18.1. The number of rotatable bonds is 4. The molecule has 3 aliphatic rings. The Kier molecular flexibility index (Phi) is 6.38. The van der Waals surface area contributed by atoms with Crippen molar-refractivity contribution in [2.45, 2.75) is 57.7 Å². The molecule has 1 aliphatic heterocycles. The molecule has 1 fully saturated rings. The number of aryl methyl sites for hydroxylation is 1. The van der Waals surface area contributed by atoms with Gasteiger partial charge < -0.3 is 9.31 Å². The summed E-state index contributed by atoms with van der Waals surface area (Å²) >= 11 is 0. The molecule has 0 bridgehead atoms. The van der Waals surface area contributed by atoms with Crippen molar-refractivity contribution in [2.24, 2.45) is 0 Å². The third-order valence-corrected chi connectivity index (χ3v) is 12.0. The first-order chi connectivity index (χ1) is 24.7. The molecule has 51 heavy (non-hydrogen) atoms. The van der Waals surface area contributed by atoms with Gasteiger partial charge in [-0.3, -0.25) is 4.57 Å². The highest BCUT2D eigenvalue weighted by Crippen LogP contribution is 2.63. The summed E-state index contributed by atoms with van der Waals surface area (Å²) in [6, 6.07) is 49.2. The Bertz CT molecular complexity index is 2530. The van der Waals surface area contributed by atoms with Crippen LogP contribution in [0.25, 0.3) is 50.1 Å². The summed E-state index contributed by atoms with van der Waals surface area (Å²) in [5.41, 5.74) is 15.7. The number of hydrogen-bond acceptors (Lipinski definition) is 3. The average Bonchev–Trinajstić information content (AvgIpc) is 3.83. The maximum atomic E-state index is 6.61. The summed E-state index contributed by atoms with van der Waals surface area (Å²) in [5.74, 6) is 1.06. The fraction of sp³-hybridized carbons (Fsp3) is 0.196. The minimum Gasteiger partial charge on any atom is -0.399 e. The largest absolute Gasteiger partial charge is 0.494 e. The standard InChI is InChI=1S/C46H39BN2O2/c1-6-43-48-41-20-11-12-21-42(41)49(43)32-15-13-14-29(26-32)30-22-24-35-33-16-7-9-18-37(33)46(39(35)27-30)38-19-10-8-17-34(38)36-25-23-31(28-40(36)46)47-50-44(2,3)45(4,5)51-47/h7-28H,6H2,1-5H3. The molecular formula is C46H39BN2O2. The van der Waals surface area contributed by atoms with E-state index in [1.165, 1.54) is 55.6 Å². The molecule has 5 heteroatoms. The van der Waals surface area contributed by atoms with Crippen LogP contribution in [0, 0.1) is 0 Å². The fourth-order valence-corrected chi connectivity index (χ4v) is 8.89. The molecule has 0 saturated carbocycles. The lowest BCUT2D eigenvalue weighted by Crippen LogP contribution is -2.41. The Balaban J connectivity index is 1.19. The van der Waals surface area contributed by atoms with Crippen molar-refractivity contribution in [2.75, 3.05) is 0 Å². The van der Waals surface area contributed by atoms with Crippen LogP contribution in [0.4, 0.5) is 0 Å². The van der Waals surface area contributed by atoms with Crippen molar-refractivity contribution in [3.8, 4) is 39.1 Å². The van der Waals surface area contributed by atoms with E-state index in [0.717, 1.165) is 34.4 Å². The summed E-state index contributed by atoms with van der Waals surface area (Å²) in [4.78, 5) is 4.97. The van der Waals surface area contributed by atoms with Gasteiger partial charge in [-0.15, -0.1) is 0 Å². The van der Waals surface area contributed by atoms with Crippen LogP contribution in [-0.4, -0.2) is 27.9 Å². The van der Waals surface area contributed by atoms with Crippen molar-refractivity contribution >= 4 is 23.6 Å². The van der Waals surface area contributed by atoms with Gasteiger partial charge >= 0.3 is 7.12 Å². The van der Waals surface area contributed by atoms with Crippen LogP contribution in [0.15, 0.2) is 133 Å². The van der Waals surface area contributed by atoms with Crippen molar-refractivity contribution < 1.29 is 9.31 Å². The van der Waals surface area contributed by atoms with E-state index in [1.54, 1.807) is 0 Å². The van der Waals surface area contributed by atoms with Crippen molar-refractivity contribution in [3.05, 3.63) is 162 Å². The molecule has 1 aromatic heterocycles. The number of hydrogen-bond donors (Lipinski definition) is 0. The van der Waals surface area contributed by atoms with Crippen molar-refractivity contribution in [1.82, 2.24) is 9.55 Å². The maximum Gasteiger partial charge on any atom is 0.494 e. The van der Waals surface area contributed by atoms with E-state index in [-0.39, 0.29) is 0 Å². The lowest BCUT2D eigenvalue weighted by atomic mass is 9.68. The monoisotopic (exact) mass is 662 g/mol. The Hall–Kier alpha value is -5.23. The number of para-hydroxylation sites is 2. The molecule has 0 radical (unpaired) electrons. The summed E-state index contributed by atoms with van der Waals surface area (Å²) < 4.78 is 15.5. The lowest BCUT2D eigenvalue weighted by Gasteiger charge is -2.32. The molecule has 1 spiro atoms. The molecule has 2 heterocycles. The van der Waals surface area contributed by atoms with Gasteiger partial charge in [0.05, 0.1) is 27.7 Å². The van der Waals surface area contributed by atoms with Gasteiger partial charge in [0.15, 0.2) is 0 Å². The van der Waals surface area contributed by atoms with Crippen LogP contribution in [0.5, 0.6) is 0 Å². The number of nitrogens with zero attached hydrogens (tertiary/aromatic N) is 2. The van der Waals surface area contributed by atoms with Gasteiger partial charge in [-0.25, -0.2) is 4.98 Å². The minimum absolute atomic E-state index is 0.422. The van der Waals surface area contributed by atoms with E-state index in [2.05, 4.69) is 173 Å². The molecular weight excluding hydrogens is 623 g/mol. The highest BCUT2D eigenvalue weighted by atomic mass is 16.7. The molecule has 2 aliphatic carbocycles. The zero-order valence-corrected chi connectivity index (χ0v) is 29.7.